The van der Waals surface area contributed by atoms with Crippen LogP contribution < -0.4 is 0 Å². The summed E-state index contributed by atoms with van der Waals surface area (Å²) in [5, 5.41) is 0. The second-order valence-electron chi connectivity index (χ2n) is 3.74. The molecular formula is C15H16S. The van der Waals surface area contributed by atoms with Gasteiger partial charge in [0, 0.05) is 4.90 Å². The largest absolute Gasteiger partial charge is 0.126 e. The van der Waals surface area contributed by atoms with E-state index in [1.54, 1.807) is 0 Å². The zero-order valence-electron chi connectivity index (χ0n) is 9.52. The monoisotopic (exact) mass is 228 g/mol. The number of hydrogen-bond acceptors (Lipinski definition) is 1. The van der Waals surface area contributed by atoms with Crippen LogP contribution in [0.2, 0.25) is 0 Å². The fourth-order valence-corrected chi connectivity index (χ4v) is 2.36. The van der Waals surface area contributed by atoms with Crippen molar-refractivity contribution in [3.05, 3.63) is 54.6 Å². The molecule has 0 nitrogen and oxygen atoms in total. The van der Waals surface area contributed by atoms with E-state index in [-0.39, 0.29) is 0 Å². The molecule has 0 aromatic heterocycles. The van der Waals surface area contributed by atoms with Gasteiger partial charge in [0.25, 0.3) is 0 Å². The highest BCUT2D eigenvalue weighted by Gasteiger charge is 1.97. The first-order valence-corrected chi connectivity index (χ1v) is 6.67. The molecule has 0 N–H and O–H groups in total. The van der Waals surface area contributed by atoms with E-state index in [9.17, 15) is 0 Å². The second kappa shape index (κ2) is 5.76. The van der Waals surface area contributed by atoms with Gasteiger partial charge in [-0.25, -0.2) is 0 Å². The van der Waals surface area contributed by atoms with Gasteiger partial charge in [0.05, 0.1) is 0 Å². The highest BCUT2D eigenvalue weighted by Crippen LogP contribution is 2.24. The van der Waals surface area contributed by atoms with Gasteiger partial charge in [-0.2, -0.15) is 0 Å². The second-order valence-corrected chi connectivity index (χ2v) is 4.91. The zero-order chi connectivity index (χ0) is 11.2. The van der Waals surface area contributed by atoms with Crippen LogP contribution in [0, 0.1) is 0 Å². The topological polar surface area (TPSA) is 0 Å². The molecule has 0 spiro atoms. The Bertz CT molecular complexity index is 417. The van der Waals surface area contributed by atoms with Crippen LogP contribution in [-0.4, -0.2) is 5.75 Å². The molecule has 2 aromatic carbocycles. The van der Waals surface area contributed by atoms with E-state index in [1.165, 1.54) is 28.2 Å². The van der Waals surface area contributed by atoms with E-state index in [0.717, 1.165) is 0 Å². The van der Waals surface area contributed by atoms with Gasteiger partial charge in [-0.15, -0.1) is 11.8 Å². The first-order chi connectivity index (χ1) is 7.90. The quantitative estimate of drug-likeness (QED) is 0.674. The highest BCUT2D eigenvalue weighted by atomic mass is 32.2. The lowest BCUT2D eigenvalue weighted by Gasteiger charge is -2.03. The van der Waals surface area contributed by atoms with Crippen LogP contribution in [-0.2, 0) is 0 Å². The molecule has 0 aliphatic heterocycles. The number of benzene rings is 2. The molecule has 16 heavy (non-hydrogen) atoms. The summed E-state index contributed by atoms with van der Waals surface area (Å²) in [6.07, 6.45) is 1.23. The average Bonchev–Trinajstić information content (AvgIpc) is 2.38. The van der Waals surface area contributed by atoms with Crippen molar-refractivity contribution in [1.82, 2.24) is 0 Å². The Labute approximate surface area is 102 Å². The minimum Gasteiger partial charge on any atom is -0.126 e. The van der Waals surface area contributed by atoms with Crippen LogP contribution in [0.1, 0.15) is 13.3 Å². The van der Waals surface area contributed by atoms with Gasteiger partial charge in [0.1, 0.15) is 0 Å². The Morgan fingerprint density at radius 2 is 1.44 bits per heavy atom. The molecule has 0 heterocycles. The van der Waals surface area contributed by atoms with Gasteiger partial charge < -0.3 is 0 Å². The maximum atomic E-state index is 2.21. The Hall–Kier alpha value is -1.21. The maximum absolute atomic E-state index is 2.21. The Kier molecular flexibility index (Phi) is 4.06. The van der Waals surface area contributed by atoms with Crippen LogP contribution >= 0.6 is 11.8 Å². The smallest absolute Gasteiger partial charge is 0.00723 e. The van der Waals surface area contributed by atoms with Crippen molar-refractivity contribution in [3.8, 4) is 11.1 Å². The molecule has 2 aromatic rings. The van der Waals surface area contributed by atoms with Crippen molar-refractivity contribution >= 4 is 11.8 Å². The lowest BCUT2D eigenvalue weighted by molar-refractivity contribution is 1.10. The normalized spacial score (nSPS) is 10.3. The summed E-state index contributed by atoms with van der Waals surface area (Å²) in [6, 6.07) is 19.3. The Morgan fingerprint density at radius 1 is 0.812 bits per heavy atom. The molecular weight excluding hydrogens is 212 g/mol. The average molecular weight is 228 g/mol. The van der Waals surface area contributed by atoms with Gasteiger partial charge in [-0.3, -0.25) is 0 Å². The van der Waals surface area contributed by atoms with E-state index in [2.05, 4.69) is 61.5 Å². The SMILES string of the molecule is CCCSc1ccc(-c2ccccc2)cc1. The summed E-state index contributed by atoms with van der Waals surface area (Å²) in [6.45, 7) is 2.21. The van der Waals surface area contributed by atoms with Crippen LogP contribution in [0.5, 0.6) is 0 Å². The maximum Gasteiger partial charge on any atom is 0.00723 e. The molecule has 1 heteroatoms. The molecule has 0 saturated heterocycles. The van der Waals surface area contributed by atoms with Gasteiger partial charge in [-0.05, 0) is 35.4 Å². The van der Waals surface area contributed by atoms with Crippen molar-refractivity contribution in [2.45, 2.75) is 18.2 Å². The first kappa shape index (κ1) is 11.3. The summed E-state index contributed by atoms with van der Waals surface area (Å²) in [7, 11) is 0. The van der Waals surface area contributed by atoms with Gasteiger partial charge in [0.2, 0.25) is 0 Å². The van der Waals surface area contributed by atoms with Gasteiger partial charge in [0.15, 0.2) is 0 Å². The van der Waals surface area contributed by atoms with Crippen molar-refractivity contribution in [2.24, 2.45) is 0 Å². The van der Waals surface area contributed by atoms with Crippen LogP contribution in [0.25, 0.3) is 11.1 Å². The standard InChI is InChI=1S/C15H16S/c1-2-12-16-15-10-8-14(9-11-15)13-6-4-3-5-7-13/h3-11H,2,12H2,1H3. The fraction of sp³-hybridized carbons (Fsp3) is 0.200. The summed E-state index contributed by atoms with van der Waals surface area (Å²) in [5.41, 5.74) is 2.58. The minimum absolute atomic E-state index is 1.20. The lowest BCUT2D eigenvalue weighted by Crippen LogP contribution is -1.79. The van der Waals surface area contributed by atoms with E-state index >= 15 is 0 Å². The summed E-state index contributed by atoms with van der Waals surface area (Å²) in [5.74, 6) is 1.20. The molecule has 0 atom stereocenters. The zero-order valence-corrected chi connectivity index (χ0v) is 10.3. The number of hydrogen-bond donors (Lipinski definition) is 0. The molecule has 0 aliphatic carbocycles. The predicted molar refractivity (Wildman–Crippen MR) is 72.9 cm³/mol. The number of rotatable bonds is 4. The first-order valence-electron chi connectivity index (χ1n) is 5.68. The summed E-state index contributed by atoms with van der Waals surface area (Å²) < 4.78 is 0. The third kappa shape index (κ3) is 2.89. The highest BCUT2D eigenvalue weighted by molar-refractivity contribution is 7.99. The third-order valence-electron chi connectivity index (χ3n) is 2.43. The van der Waals surface area contributed by atoms with E-state index < -0.39 is 0 Å². The Morgan fingerprint density at radius 3 is 2.06 bits per heavy atom. The molecule has 0 aliphatic rings. The lowest BCUT2D eigenvalue weighted by atomic mass is 10.1. The van der Waals surface area contributed by atoms with Crippen molar-refractivity contribution < 1.29 is 0 Å². The molecule has 0 unspecified atom stereocenters. The van der Waals surface area contributed by atoms with Crippen LogP contribution in [0.15, 0.2) is 59.5 Å². The van der Waals surface area contributed by atoms with Crippen molar-refractivity contribution in [3.63, 3.8) is 0 Å². The van der Waals surface area contributed by atoms with Crippen molar-refractivity contribution in [1.29, 1.82) is 0 Å². The molecule has 0 saturated carbocycles. The summed E-state index contributed by atoms with van der Waals surface area (Å²) in [4.78, 5) is 1.36. The number of thioether (sulfide) groups is 1. The van der Waals surface area contributed by atoms with Gasteiger partial charge in [-0.1, -0.05) is 49.4 Å². The molecule has 0 bridgehead atoms. The summed E-state index contributed by atoms with van der Waals surface area (Å²) >= 11 is 1.92. The molecule has 0 radical (unpaired) electrons. The minimum atomic E-state index is 1.20. The molecule has 2 rings (SSSR count). The Balaban J connectivity index is 2.13. The van der Waals surface area contributed by atoms with E-state index in [1.807, 2.05) is 11.8 Å². The van der Waals surface area contributed by atoms with E-state index in [4.69, 9.17) is 0 Å². The molecule has 0 amide bonds. The van der Waals surface area contributed by atoms with E-state index in [0.29, 0.717) is 0 Å². The van der Waals surface area contributed by atoms with Crippen LogP contribution in [0.3, 0.4) is 0 Å². The molecule has 0 fully saturated rings. The predicted octanol–water partition coefficient (Wildman–Crippen LogP) is 4.86. The molecule has 82 valence electrons. The third-order valence-corrected chi connectivity index (χ3v) is 3.65. The van der Waals surface area contributed by atoms with Crippen LogP contribution in [0.4, 0.5) is 0 Å². The fourth-order valence-electron chi connectivity index (χ4n) is 1.59. The van der Waals surface area contributed by atoms with Gasteiger partial charge >= 0.3 is 0 Å². The van der Waals surface area contributed by atoms with Crippen molar-refractivity contribution in [2.75, 3.05) is 5.75 Å².